The molecule has 0 saturated carbocycles. The van der Waals surface area contributed by atoms with E-state index in [9.17, 15) is 0 Å². The summed E-state index contributed by atoms with van der Waals surface area (Å²) in [5.41, 5.74) is 0. The van der Waals surface area contributed by atoms with Crippen LogP contribution >= 0.6 is 0 Å². The lowest BCUT2D eigenvalue weighted by Gasteiger charge is -2.33. The van der Waals surface area contributed by atoms with Crippen molar-refractivity contribution in [1.29, 1.82) is 0 Å². The van der Waals surface area contributed by atoms with Crippen LogP contribution in [0.25, 0.3) is 0 Å². The van der Waals surface area contributed by atoms with E-state index in [4.69, 9.17) is 0 Å². The third-order valence-electron chi connectivity index (χ3n) is 9.73. The van der Waals surface area contributed by atoms with Crippen molar-refractivity contribution >= 4 is 0 Å². The fraction of sp³-hybridized carbons (Fsp3) is 1.00. The molecule has 0 spiro atoms. The zero-order chi connectivity index (χ0) is 29.7. The number of rotatable bonds is 32. The Kier molecular flexibility index (Phi) is 30.3. The summed E-state index contributed by atoms with van der Waals surface area (Å²) in [6.45, 7) is 9.58. The summed E-state index contributed by atoms with van der Waals surface area (Å²) in [5.74, 6) is 1.90. The molecule has 0 radical (unpaired) electrons. The van der Waals surface area contributed by atoms with Crippen LogP contribution in [0.4, 0.5) is 0 Å². The molecule has 2 heteroatoms. The maximum Gasteiger partial charge on any atom is 0.0242 e. The molecule has 0 rings (SSSR count). The van der Waals surface area contributed by atoms with Crippen LogP contribution < -0.4 is 0 Å². The summed E-state index contributed by atoms with van der Waals surface area (Å²) < 4.78 is 0. The van der Waals surface area contributed by atoms with Gasteiger partial charge in [-0.15, -0.1) is 0 Å². The van der Waals surface area contributed by atoms with Crippen molar-refractivity contribution in [2.45, 2.75) is 214 Å². The van der Waals surface area contributed by atoms with Gasteiger partial charge in [0.15, 0.2) is 0 Å². The van der Waals surface area contributed by atoms with Crippen LogP contribution in [0.1, 0.15) is 207 Å². The van der Waals surface area contributed by atoms with Crippen LogP contribution in [0.15, 0.2) is 0 Å². The number of hydrazine groups is 1. The van der Waals surface area contributed by atoms with Crippen molar-refractivity contribution in [3.05, 3.63) is 0 Å². The molecule has 3 atom stereocenters. The maximum atomic E-state index is 2.51. The zero-order valence-electron chi connectivity index (χ0n) is 29.4. The highest BCUT2D eigenvalue weighted by atomic mass is 15.6. The van der Waals surface area contributed by atoms with E-state index in [0.717, 1.165) is 17.9 Å². The molecule has 0 heterocycles. The standard InChI is InChI=1S/C38H80N2/c1-8-10-12-19-25-31-37(4)33-27-21-17-18-23-29-35-38(40(7)39(5)6)34-28-22-16-14-13-15-20-26-32-36(3)30-24-11-9-2/h36-38H,8-35H2,1-7H3. The number of unbranched alkanes of at least 4 members (excludes halogenated alkanes) is 18. The highest BCUT2D eigenvalue weighted by Crippen LogP contribution is 2.21. The Morgan fingerprint density at radius 1 is 0.350 bits per heavy atom. The molecule has 0 amide bonds. The summed E-state index contributed by atoms with van der Waals surface area (Å²) in [7, 11) is 6.73. The Balaban J connectivity index is 3.75. The van der Waals surface area contributed by atoms with Gasteiger partial charge in [0.2, 0.25) is 0 Å². The molecule has 0 saturated heterocycles. The minimum absolute atomic E-state index is 0.729. The second kappa shape index (κ2) is 30.4. The van der Waals surface area contributed by atoms with E-state index in [1.165, 1.54) is 180 Å². The Labute approximate surface area is 256 Å². The lowest BCUT2D eigenvalue weighted by atomic mass is 9.95. The normalized spacial score (nSPS) is 14.3. The van der Waals surface area contributed by atoms with Gasteiger partial charge in [-0.25, -0.2) is 10.0 Å². The highest BCUT2D eigenvalue weighted by Gasteiger charge is 2.15. The van der Waals surface area contributed by atoms with Gasteiger partial charge in [0, 0.05) is 27.2 Å². The first-order valence-corrected chi connectivity index (χ1v) is 18.8. The lowest BCUT2D eigenvalue weighted by Crippen LogP contribution is -2.41. The quantitative estimate of drug-likeness (QED) is 0.0592. The first-order valence-electron chi connectivity index (χ1n) is 18.8. The van der Waals surface area contributed by atoms with Gasteiger partial charge in [-0.1, -0.05) is 195 Å². The molecular formula is C38H80N2. The Hall–Kier alpha value is -0.0800. The SMILES string of the molecule is CCCCCCCC(C)CCCCCCCCC(CCCCCCCCCCC(C)CCCCC)N(C)N(C)C. The maximum absolute atomic E-state index is 2.51. The fourth-order valence-corrected chi connectivity index (χ4v) is 6.49. The molecular weight excluding hydrogens is 484 g/mol. The molecule has 0 aromatic rings. The fourth-order valence-electron chi connectivity index (χ4n) is 6.49. The van der Waals surface area contributed by atoms with E-state index in [-0.39, 0.29) is 0 Å². The summed E-state index contributed by atoms with van der Waals surface area (Å²) >= 11 is 0. The largest absolute Gasteiger partial charge is 0.248 e. The minimum atomic E-state index is 0.729. The number of hydrogen-bond acceptors (Lipinski definition) is 2. The average molecular weight is 565 g/mol. The van der Waals surface area contributed by atoms with Crippen LogP contribution in [-0.2, 0) is 0 Å². The smallest absolute Gasteiger partial charge is 0.0242 e. The average Bonchev–Trinajstić information content (AvgIpc) is 2.93. The predicted octanol–water partition coefficient (Wildman–Crippen LogP) is 13.0. The van der Waals surface area contributed by atoms with Crippen LogP contribution in [0.2, 0.25) is 0 Å². The molecule has 0 aliphatic carbocycles. The molecule has 0 bridgehead atoms. The van der Waals surface area contributed by atoms with E-state index >= 15 is 0 Å². The van der Waals surface area contributed by atoms with Crippen LogP contribution in [0.3, 0.4) is 0 Å². The van der Waals surface area contributed by atoms with Gasteiger partial charge in [0.05, 0.1) is 0 Å². The van der Waals surface area contributed by atoms with Crippen LogP contribution in [0.5, 0.6) is 0 Å². The summed E-state index contributed by atoms with van der Waals surface area (Å²) in [6.07, 6.45) is 40.2. The summed E-state index contributed by atoms with van der Waals surface area (Å²) in [5, 5.41) is 4.81. The Morgan fingerprint density at radius 2 is 0.600 bits per heavy atom. The first-order chi connectivity index (χ1) is 19.4. The first kappa shape index (κ1) is 39.9. The van der Waals surface area contributed by atoms with Gasteiger partial charge in [-0.2, -0.15) is 0 Å². The van der Waals surface area contributed by atoms with Crippen molar-refractivity contribution in [3.63, 3.8) is 0 Å². The topological polar surface area (TPSA) is 6.48 Å². The van der Waals surface area contributed by atoms with Crippen molar-refractivity contribution in [3.8, 4) is 0 Å². The molecule has 0 aliphatic rings. The molecule has 40 heavy (non-hydrogen) atoms. The zero-order valence-corrected chi connectivity index (χ0v) is 29.4. The van der Waals surface area contributed by atoms with Gasteiger partial charge in [0.1, 0.15) is 0 Å². The van der Waals surface area contributed by atoms with Gasteiger partial charge in [0.25, 0.3) is 0 Å². The third-order valence-corrected chi connectivity index (χ3v) is 9.73. The third kappa shape index (κ3) is 26.8. The minimum Gasteiger partial charge on any atom is -0.248 e. The second-order valence-electron chi connectivity index (χ2n) is 14.1. The molecule has 242 valence electrons. The highest BCUT2D eigenvalue weighted by molar-refractivity contribution is 4.67. The lowest BCUT2D eigenvalue weighted by molar-refractivity contribution is 0.00108. The van der Waals surface area contributed by atoms with Gasteiger partial charge in [-0.3, -0.25) is 0 Å². The molecule has 2 nitrogen and oxygen atoms in total. The van der Waals surface area contributed by atoms with E-state index in [1.807, 2.05) is 0 Å². The number of nitrogens with zero attached hydrogens (tertiary/aromatic N) is 2. The van der Waals surface area contributed by atoms with E-state index in [2.05, 4.69) is 58.9 Å². The van der Waals surface area contributed by atoms with Crippen LogP contribution in [-0.4, -0.2) is 37.2 Å². The van der Waals surface area contributed by atoms with Gasteiger partial charge >= 0.3 is 0 Å². The molecule has 3 unspecified atom stereocenters. The molecule has 0 aliphatic heterocycles. The van der Waals surface area contributed by atoms with Crippen molar-refractivity contribution in [2.75, 3.05) is 21.1 Å². The summed E-state index contributed by atoms with van der Waals surface area (Å²) in [4.78, 5) is 0. The van der Waals surface area contributed by atoms with Gasteiger partial charge in [-0.05, 0) is 24.7 Å². The van der Waals surface area contributed by atoms with E-state index in [0.29, 0.717) is 0 Å². The monoisotopic (exact) mass is 565 g/mol. The predicted molar refractivity (Wildman–Crippen MR) is 184 cm³/mol. The molecule has 0 aromatic heterocycles. The van der Waals surface area contributed by atoms with E-state index in [1.54, 1.807) is 0 Å². The van der Waals surface area contributed by atoms with Crippen molar-refractivity contribution in [1.82, 2.24) is 10.0 Å². The Morgan fingerprint density at radius 3 is 0.925 bits per heavy atom. The van der Waals surface area contributed by atoms with Gasteiger partial charge < -0.3 is 0 Å². The molecule has 0 N–H and O–H groups in total. The van der Waals surface area contributed by atoms with Crippen molar-refractivity contribution in [2.24, 2.45) is 11.8 Å². The Bertz CT molecular complexity index is 476. The van der Waals surface area contributed by atoms with E-state index < -0.39 is 0 Å². The van der Waals surface area contributed by atoms with Crippen LogP contribution in [0, 0.1) is 11.8 Å². The summed E-state index contributed by atoms with van der Waals surface area (Å²) in [6, 6.07) is 0.729. The molecule has 0 fully saturated rings. The molecule has 0 aromatic carbocycles. The van der Waals surface area contributed by atoms with Crippen molar-refractivity contribution < 1.29 is 0 Å². The second-order valence-corrected chi connectivity index (χ2v) is 14.1. The number of hydrogen-bond donors (Lipinski definition) is 0.